The summed E-state index contributed by atoms with van der Waals surface area (Å²) in [6.45, 7) is 0.0215. The van der Waals surface area contributed by atoms with Crippen molar-refractivity contribution in [1.29, 1.82) is 0 Å². The Morgan fingerprint density at radius 3 is 2.26 bits per heavy atom. The van der Waals surface area contributed by atoms with E-state index in [0.717, 1.165) is 12.1 Å². The third-order valence-electron chi connectivity index (χ3n) is 2.51. The summed E-state index contributed by atoms with van der Waals surface area (Å²) in [5, 5.41) is 11.7. The van der Waals surface area contributed by atoms with E-state index >= 15 is 0 Å². The number of para-hydroxylation sites is 1. The fourth-order valence-corrected chi connectivity index (χ4v) is 2.06. The van der Waals surface area contributed by atoms with E-state index in [2.05, 4.69) is 21.2 Å². The topological polar surface area (TPSA) is 32.3 Å². The second kappa shape index (κ2) is 5.52. The zero-order chi connectivity index (χ0) is 14.0. The SMILES string of the molecule is Oc1c(F)cc(CNc2c(F)cccc2Br)cc1F. The molecule has 2 N–H and O–H groups in total. The van der Waals surface area contributed by atoms with Gasteiger partial charge in [0.25, 0.3) is 0 Å². The molecule has 0 aliphatic heterocycles. The van der Waals surface area contributed by atoms with Crippen molar-refractivity contribution in [3.05, 3.63) is 57.8 Å². The van der Waals surface area contributed by atoms with Crippen LogP contribution in [0.15, 0.2) is 34.8 Å². The monoisotopic (exact) mass is 331 g/mol. The molecule has 0 bridgehead atoms. The van der Waals surface area contributed by atoms with Gasteiger partial charge in [-0.1, -0.05) is 6.07 Å². The molecule has 0 radical (unpaired) electrons. The summed E-state index contributed by atoms with van der Waals surface area (Å²) in [6, 6.07) is 6.42. The number of nitrogens with one attached hydrogen (secondary N) is 1. The maximum absolute atomic E-state index is 13.5. The predicted molar refractivity (Wildman–Crippen MR) is 69.4 cm³/mol. The fraction of sp³-hybridized carbons (Fsp3) is 0.0769. The van der Waals surface area contributed by atoms with Crippen LogP contribution in [0.2, 0.25) is 0 Å². The molecule has 0 fully saturated rings. The molecular weight excluding hydrogens is 323 g/mol. The number of benzene rings is 2. The van der Waals surface area contributed by atoms with Crippen molar-refractivity contribution >= 4 is 21.6 Å². The van der Waals surface area contributed by atoms with Crippen molar-refractivity contribution in [3.63, 3.8) is 0 Å². The molecule has 0 saturated heterocycles. The first kappa shape index (κ1) is 13.7. The van der Waals surface area contributed by atoms with E-state index in [-0.39, 0.29) is 17.8 Å². The smallest absolute Gasteiger partial charge is 0.187 e. The Balaban J connectivity index is 2.19. The van der Waals surface area contributed by atoms with Crippen molar-refractivity contribution in [1.82, 2.24) is 0 Å². The number of phenols is 1. The zero-order valence-corrected chi connectivity index (χ0v) is 11.1. The number of hydrogen-bond donors (Lipinski definition) is 2. The number of anilines is 1. The lowest BCUT2D eigenvalue weighted by atomic mass is 10.2. The average molecular weight is 332 g/mol. The normalized spacial score (nSPS) is 10.5. The van der Waals surface area contributed by atoms with Crippen LogP contribution >= 0.6 is 15.9 Å². The summed E-state index contributed by atoms with van der Waals surface area (Å²) in [6.07, 6.45) is 0. The first-order valence-electron chi connectivity index (χ1n) is 5.34. The molecule has 2 aromatic carbocycles. The molecule has 0 aliphatic carbocycles. The lowest BCUT2D eigenvalue weighted by molar-refractivity contribution is 0.395. The van der Waals surface area contributed by atoms with Crippen LogP contribution in [-0.2, 0) is 6.54 Å². The number of rotatable bonds is 3. The van der Waals surface area contributed by atoms with Crippen LogP contribution in [0.3, 0.4) is 0 Å². The van der Waals surface area contributed by atoms with Crippen LogP contribution in [0.5, 0.6) is 5.75 Å². The second-order valence-electron chi connectivity index (χ2n) is 3.86. The van der Waals surface area contributed by atoms with Crippen LogP contribution in [-0.4, -0.2) is 5.11 Å². The van der Waals surface area contributed by atoms with Crippen molar-refractivity contribution in [2.75, 3.05) is 5.32 Å². The molecule has 0 aromatic heterocycles. The van der Waals surface area contributed by atoms with Crippen LogP contribution in [0.1, 0.15) is 5.56 Å². The van der Waals surface area contributed by atoms with Gasteiger partial charge in [-0.2, -0.15) is 0 Å². The average Bonchev–Trinajstić information content (AvgIpc) is 2.35. The molecule has 0 heterocycles. The predicted octanol–water partition coefficient (Wildman–Crippen LogP) is 4.18. The van der Waals surface area contributed by atoms with E-state index < -0.39 is 23.2 Å². The van der Waals surface area contributed by atoms with Gasteiger partial charge in [0, 0.05) is 11.0 Å². The Morgan fingerprint density at radius 2 is 1.68 bits per heavy atom. The molecule has 2 nitrogen and oxygen atoms in total. The largest absolute Gasteiger partial charge is 0.503 e. The maximum atomic E-state index is 13.5. The molecule has 6 heteroatoms. The molecule has 100 valence electrons. The van der Waals surface area contributed by atoms with Crippen LogP contribution < -0.4 is 5.32 Å². The van der Waals surface area contributed by atoms with Crippen molar-refractivity contribution in [2.45, 2.75) is 6.54 Å². The van der Waals surface area contributed by atoms with Gasteiger partial charge in [-0.05, 0) is 45.8 Å². The summed E-state index contributed by atoms with van der Waals surface area (Å²) in [4.78, 5) is 0. The van der Waals surface area contributed by atoms with E-state index in [4.69, 9.17) is 5.11 Å². The maximum Gasteiger partial charge on any atom is 0.187 e. The molecular formula is C13H9BrF3NO. The minimum atomic E-state index is -1.05. The van der Waals surface area contributed by atoms with Gasteiger partial charge >= 0.3 is 0 Å². The van der Waals surface area contributed by atoms with E-state index in [0.29, 0.717) is 4.47 Å². The van der Waals surface area contributed by atoms with E-state index in [9.17, 15) is 13.2 Å². The molecule has 0 spiro atoms. The Labute approximate surface area is 116 Å². The van der Waals surface area contributed by atoms with Gasteiger partial charge in [-0.15, -0.1) is 0 Å². The third kappa shape index (κ3) is 3.01. The van der Waals surface area contributed by atoms with Crippen LogP contribution in [0.25, 0.3) is 0 Å². The van der Waals surface area contributed by atoms with Gasteiger partial charge in [0.1, 0.15) is 5.82 Å². The molecule has 0 unspecified atom stereocenters. The lowest BCUT2D eigenvalue weighted by Crippen LogP contribution is -2.03. The second-order valence-corrected chi connectivity index (χ2v) is 4.71. The minimum Gasteiger partial charge on any atom is -0.503 e. The van der Waals surface area contributed by atoms with Gasteiger partial charge < -0.3 is 10.4 Å². The number of halogens is 4. The molecule has 0 saturated carbocycles. The Morgan fingerprint density at radius 1 is 1.05 bits per heavy atom. The van der Waals surface area contributed by atoms with Gasteiger partial charge in [0.15, 0.2) is 17.4 Å². The van der Waals surface area contributed by atoms with E-state index in [1.165, 1.54) is 12.1 Å². The van der Waals surface area contributed by atoms with Gasteiger partial charge in [0.2, 0.25) is 0 Å². The van der Waals surface area contributed by atoms with Crippen LogP contribution in [0.4, 0.5) is 18.9 Å². The third-order valence-corrected chi connectivity index (χ3v) is 3.17. The highest BCUT2D eigenvalue weighted by Gasteiger charge is 2.11. The summed E-state index contributed by atoms with van der Waals surface area (Å²) < 4.78 is 40.2. The Bertz CT molecular complexity index is 576. The Kier molecular flexibility index (Phi) is 3.99. The molecule has 19 heavy (non-hydrogen) atoms. The van der Waals surface area contributed by atoms with E-state index in [1.807, 2.05) is 0 Å². The summed E-state index contributed by atoms with van der Waals surface area (Å²) >= 11 is 3.17. The molecule has 2 rings (SSSR count). The highest BCUT2D eigenvalue weighted by molar-refractivity contribution is 9.10. The van der Waals surface area contributed by atoms with E-state index in [1.54, 1.807) is 6.07 Å². The van der Waals surface area contributed by atoms with Crippen molar-refractivity contribution in [2.24, 2.45) is 0 Å². The molecule has 0 atom stereocenters. The first-order chi connectivity index (χ1) is 8.99. The highest BCUT2D eigenvalue weighted by atomic mass is 79.9. The van der Waals surface area contributed by atoms with Gasteiger partial charge in [0.05, 0.1) is 5.69 Å². The number of phenolic OH excluding ortho intramolecular Hbond substituents is 1. The van der Waals surface area contributed by atoms with Gasteiger partial charge in [-0.25, -0.2) is 13.2 Å². The van der Waals surface area contributed by atoms with Crippen LogP contribution in [0, 0.1) is 17.5 Å². The molecule has 2 aromatic rings. The summed E-state index contributed by atoms with van der Waals surface area (Å²) in [7, 11) is 0. The standard InChI is InChI=1S/C13H9BrF3NO/c14-8-2-1-3-9(15)12(8)18-6-7-4-10(16)13(19)11(17)5-7/h1-5,18-19H,6H2. The van der Waals surface area contributed by atoms with Crippen molar-refractivity contribution in [3.8, 4) is 5.75 Å². The first-order valence-corrected chi connectivity index (χ1v) is 6.13. The molecule has 0 aliphatic rings. The molecule has 0 amide bonds. The van der Waals surface area contributed by atoms with Gasteiger partial charge in [-0.3, -0.25) is 0 Å². The zero-order valence-electron chi connectivity index (χ0n) is 9.55. The van der Waals surface area contributed by atoms with Crippen molar-refractivity contribution < 1.29 is 18.3 Å². The number of aromatic hydroxyl groups is 1. The summed E-state index contributed by atoms with van der Waals surface area (Å²) in [5.74, 6) is -3.60. The lowest BCUT2D eigenvalue weighted by Gasteiger charge is -2.10. The Hall–Kier alpha value is -1.69. The fourth-order valence-electron chi connectivity index (χ4n) is 1.58. The highest BCUT2D eigenvalue weighted by Crippen LogP contribution is 2.27. The number of hydrogen-bond acceptors (Lipinski definition) is 2. The minimum absolute atomic E-state index is 0.0215. The summed E-state index contributed by atoms with van der Waals surface area (Å²) in [5.41, 5.74) is 0.458. The quantitative estimate of drug-likeness (QED) is 0.884.